The Morgan fingerprint density at radius 2 is 1.20 bits per heavy atom. The largest absolute Gasteiger partial charge is 0.114 e. The molecule has 0 aliphatic rings. The molecule has 0 heterocycles. The quantitative estimate of drug-likeness (QED) is 0.382. The van der Waals surface area contributed by atoms with E-state index in [-0.39, 0.29) is 0 Å². The highest BCUT2D eigenvalue weighted by Crippen LogP contribution is 2.13. The second-order valence-corrected chi connectivity index (χ2v) is 3.04. The van der Waals surface area contributed by atoms with Crippen LogP contribution in [0.1, 0.15) is 34.6 Å². The van der Waals surface area contributed by atoms with Crippen molar-refractivity contribution in [2.75, 3.05) is 0 Å². The summed E-state index contributed by atoms with van der Waals surface area (Å²) in [5.74, 6) is 0. The minimum atomic E-state index is 0.931. The Morgan fingerprint density at radius 3 is 1.30 bits per heavy atom. The van der Waals surface area contributed by atoms with Gasteiger partial charge in [-0.15, -0.1) is 0 Å². The lowest BCUT2D eigenvalue weighted by atomic mass is 9.83. The van der Waals surface area contributed by atoms with E-state index in [0.717, 1.165) is 5.47 Å². The minimum absolute atomic E-state index is 0.931. The van der Waals surface area contributed by atoms with Crippen LogP contribution < -0.4 is 0 Å². The van der Waals surface area contributed by atoms with Crippen molar-refractivity contribution in [3.05, 3.63) is 22.2 Å². The SMILES string of the molecule is [B]C(=C(C)C)C(C)=C(C)C. The van der Waals surface area contributed by atoms with Gasteiger partial charge in [0.2, 0.25) is 0 Å². The molecule has 54 valence electrons. The molecule has 0 aromatic rings. The standard InChI is InChI=1S/C9H15B/c1-6(2)8(5)9(10)7(3)4/h1-5H3. The summed E-state index contributed by atoms with van der Waals surface area (Å²) in [7, 11) is 5.78. The molecule has 1 heteroatoms. The van der Waals surface area contributed by atoms with Gasteiger partial charge in [0.1, 0.15) is 7.85 Å². The van der Waals surface area contributed by atoms with Crippen LogP contribution >= 0.6 is 0 Å². The predicted molar refractivity (Wildman–Crippen MR) is 48.2 cm³/mol. The fourth-order valence-corrected chi connectivity index (χ4v) is 0.644. The fraction of sp³-hybridized carbons (Fsp3) is 0.556. The van der Waals surface area contributed by atoms with E-state index >= 15 is 0 Å². The molecule has 0 bridgehead atoms. The molecular weight excluding hydrogens is 119 g/mol. The summed E-state index contributed by atoms with van der Waals surface area (Å²) in [6.45, 7) is 10.3. The Labute approximate surface area is 65.4 Å². The van der Waals surface area contributed by atoms with Crippen molar-refractivity contribution in [3.8, 4) is 0 Å². The highest BCUT2D eigenvalue weighted by molar-refractivity contribution is 6.24. The van der Waals surface area contributed by atoms with Gasteiger partial charge in [0.05, 0.1) is 0 Å². The van der Waals surface area contributed by atoms with Gasteiger partial charge in [-0.25, -0.2) is 0 Å². The maximum atomic E-state index is 5.78. The van der Waals surface area contributed by atoms with Gasteiger partial charge < -0.3 is 0 Å². The molecule has 0 aliphatic carbocycles. The van der Waals surface area contributed by atoms with Gasteiger partial charge in [0, 0.05) is 0 Å². The van der Waals surface area contributed by atoms with Gasteiger partial charge in [0.25, 0.3) is 0 Å². The molecule has 0 spiro atoms. The van der Waals surface area contributed by atoms with Crippen LogP contribution in [0.25, 0.3) is 0 Å². The lowest BCUT2D eigenvalue weighted by Crippen LogP contribution is -1.89. The molecule has 0 aromatic heterocycles. The molecule has 0 rings (SSSR count). The van der Waals surface area contributed by atoms with Gasteiger partial charge in [-0.2, -0.15) is 0 Å². The Kier molecular flexibility index (Phi) is 3.48. The summed E-state index contributed by atoms with van der Waals surface area (Å²) in [4.78, 5) is 0. The Morgan fingerprint density at radius 1 is 0.800 bits per heavy atom. The first-order valence-electron chi connectivity index (χ1n) is 3.54. The average Bonchev–Trinajstić information content (AvgIpc) is 1.84. The normalized spacial score (nSPS) is 8.90. The van der Waals surface area contributed by atoms with Crippen LogP contribution in [-0.2, 0) is 0 Å². The van der Waals surface area contributed by atoms with Crippen LogP contribution in [0.5, 0.6) is 0 Å². The molecule has 0 amide bonds. The van der Waals surface area contributed by atoms with Crippen molar-refractivity contribution in [2.24, 2.45) is 0 Å². The third kappa shape index (κ3) is 2.42. The zero-order valence-corrected chi connectivity index (χ0v) is 7.58. The third-order valence-electron chi connectivity index (χ3n) is 1.69. The van der Waals surface area contributed by atoms with Crippen molar-refractivity contribution < 1.29 is 0 Å². The molecule has 0 aliphatic heterocycles. The molecule has 10 heavy (non-hydrogen) atoms. The van der Waals surface area contributed by atoms with Crippen LogP contribution in [0, 0.1) is 0 Å². The number of rotatable bonds is 1. The van der Waals surface area contributed by atoms with Crippen molar-refractivity contribution in [1.82, 2.24) is 0 Å². The van der Waals surface area contributed by atoms with Crippen LogP contribution in [0.2, 0.25) is 0 Å². The van der Waals surface area contributed by atoms with Gasteiger partial charge in [-0.3, -0.25) is 0 Å². The van der Waals surface area contributed by atoms with Crippen molar-refractivity contribution in [3.63, 3.8) is 0 Å². The molecule has 0 unspecified atom stereocenters. The summed E-state index contributed by atoms with van der Waals surface area (Å²) < 4.78 is 0. The van der Waals surface area contributed by atoms with Crippen LogP contribution in [0.4, 0.5) is 0 Å². The van der Waals surface area contributed by atoms with E-state index in [1.807, 2.05) is 13.8 Å². The summed E-state index contributed by atoms with van der Waals surface area (Å²) >= 11 is 0. The van der Waals surface area contributed by atoms with Crippen molar-refractivity contribution >= 4 is 7.85 Å². The molecule has 0 saturated carbocycles. The van der Waals surface area contributed by atoms with Crippen LogP contribution in [0.3, 0.4) is 0 Å². The van der Waals surface area contributed by atoms with Gasteiger partial charge in [-0.1, -0.05) is 22.2 Å². The van der Waals surface area contributed by atoms with Crippen LogP contribution in [0.15, 0.2) is 22.2 Å². The van der Waals surface area contributed by atoms with Crippen molar-refractivity contribution in [1.29, 1.82) is 0 Å². The smallest absolute Gasteiger partial charge is 0.0952 e. The highest BCUT2D eigenvalue weighted by Gasteiger charge is 1.95. The fourth-order valence-electron chi connectivity index (χ4n) is 0.644. The minimum Gasteiger partial charge on any atom is -0.0952 e. The monoisotopic (exact) mass is 134 g/mol. The topological polar surface area (TPSA) is 0 Å². The lowest BCUT2D eigenvalue weighted by molar-refractivity contribution is 1.24. The summed E-state index contributed by atoms with van der Waals surface area (Å²) in [5.41, 5.74) is 4.62. The maximum absolute atomic E-state index is 5.78. The van der Waals surface area contributed by atoms with Gasteiger partial charge in [-0.05, 0) is 34.6 Å². The number of hydrogen-bond acceptors (Lipinski definition) is 0. The van der Waals surface area contributed by atoms with E-state index < -0.39 is 0 Å². The Hall–Kier alpha value is -0.455. The van der Waals surface area contributed by atoms with E-state index in [9.17, 15) is 0 Å². The van der Waals surface area contributed by atoms with E-state index in [1.165, 1.54) is 16.7 Å². The molecule has 2 radical (unpaired) electrons. The molecule has 0 fully saturated rings. The number of allylic oxidation sites excluding steroid dienone is 4. The maximum Gasteiger partial charge on any atom is 0.114 e. The zero-order valence-electron chi connectivity index (χ0n) is 7.58. The molecule has 0 saturated heterocycles. The van der Waals surface area contributed by atoms with Gasteiger partial charge in [0.15, 0.2) is 0 Å². The molecular formula is C9H15B. The molecule has 0 aromatic carbocycles. The molecule has 0 N–H and O–H groups in total. The van der Waals surface area contributed by atoms with Gasteiger partial charge >= 0.3 is 0 Å². The second-order valence-electron chi connectivity index (χ2n) is 3.04. The summed E-state index contributed by atoms with van der Waals surface area (Å²) in [6.07, 6.45) is 0. The molecule has 0 nitrogen and oxygen atoms in total. The number of hydrogen-bond donors (Lipinski definition) is 0. The first kappa shape index (κ1) is 9.54. The Balaban J connectivity index is 4.71. The zero-order chi connectivity index (χ0) is 8.31. The molecule has 0 atom stereocenters. The van der Waals surface area contributed by atoms with E-state index in [4.69, 9.17) is 7.85 Å². The summed E-state index contributed by atoms with van der Waals surface area (Å²) in [6, 6.07) is 0. The van der Waals surface area contributed by atoms with E-state index in [1.54, 1.807) is 0 Å². The second kappa shape index (κ2) is 3.65. The Bertz CT molecular complexity index is 155. The first-order chi connectivity index (χ1) is 4.46. The lowest BCUT2D eigenvalue weighted by Gasteiger charge is -2.06. The van der Waals surface area contributed by atoms with Crippen molar-refractivity contribution in [2.45, 2.75) is 34.6 Å². The summed E-state index contributed by atoms with van der Waals surface area (Å²) in [5, 5.41) is 0. The highest BCUT2D eigenvalue weighted by atomic mass is 14.0. The average molecular weight is 134 g/mol. The predicted octanol–water partition coefficient (Wildman–Crippen LogP) is 2.81. The third-order valence-corrected chi connectivity index (χ3v) is 1.69. The van der Waals surface area contributed by atoms with E-state index in [0.29, 0.717) is 0 Å². The first-order valence-corrected chi connectivity index (χ1v) is 3.54. The van der Waals surface area contributed by atoms with Crippen LogP contribution in [-0.4, -0.2) is 7.85 Å². The van der Waals surface area contributed by atoms with E-state index in [2.05, 4.69) is 20.8 Å².